The zero-order valence-corrected chi connectivity index (χ0v) is 11.8. The van der Waals surface area contributed by atoms with Gasteiger partial charge in [-0.25, -0.2) is 4.39 Å². The van der Waals surface area contributed by atoms with E-state index in [-0.39, 0.29) is 18.5 Å². The molecule has 1 aliphatic rings. The minimum absolute atomic E-state index is 0.0435. The molecule has 3 rings (SSSR count). The predicted octanol–water partition coefficient (Wildman–Crippen LogP) is 3.68. The van der Waals surface area contributed by atoms with Gasteiger partial charge in [0.2, 0.25) is 0 Å². The van der Waals surface area contributed by atoms with Crippen molar-refractivity contribution in [3.05, 3.63) is 71.0 Å². The van der Waals surface area contributed by atoms with Crippen molar-refractivity contribution in [1.82, 2.24) is 0 Å². The Kier molecular flexibility index (Phi) is 4.11. The maximum atomic E-state index is 13.5. The van der Waals surface area contributed by atoms with Crippen molar-refractivity contribution in [3.8, 4) is 0 Å². The third kappa shape index (κ3) is 3.03. The number of benzene rings is 2. The summed E-state index contributed by atoms with van der Waals surface area (Å²) in [5.41, 5.74) is 3.93. The lowest BCUT2D eigenvalue weighted by molar-refractivity contribution is 0.269. The van der Waals surface area contributed by atoms with Crippen LogP contribution in [0.4, 0.5) is 4.39 Å². The van der Waals surface area contributed by atoms with Crippen LogP contribution >= 0.6 is 0 Å². The highest BCUT2D eigenvalue weighted by molar-refractivity contribution is 6.02. The molecule has 0 aromatic heterocycles. The monoisotopic (exact) mass is 283 g/mol. The van der Waals surface area contributed by atoms with E-state index in [2.05, 4.69) is 0 Å². The van der Waals surface area contributed by atoms with Gasteiger partial charge in [-0.1, -0.05) is 36.4 Å². The summed E-state index contributed by atoms with van der Waals surface area (Å²) in [6.07, 6.45) is 2.81. The average Bonchev–Trinajstić information content (AvgIpc) is 2.53. The van der Waals surface area contributed by atoms with Crippen molar-refractivity contribution < 1.29 is 9.50 Å². The fourth-order valence-corrected chi connectivity index (χ4v) is 2.83. The van der Waals surface area contributed by atoms with Crippen molar-refractivity contribution in [3.63, 3.8) is 0 Å². The van der Waals surface area contributed by atoms with Crippen LogP contribution in [0.2, 0.25) is 0 Å². The first kappa shape index (κ1) is 14.0. The summed E-state index contributed by atoms with van der Waals surface area (Å²) in [4.78, 5) is 4.71. The Morgan fingerprint density at radius 3 is 2.67 bits per heavy atom. The summed E-state index contributed by atoms with van der Waals surface area (Å²) < 4.78 is 13.5. The Labute approximate surface area is 124 Å². The van der Waals surface area contributed by atoms with Crippen LogP contribution in [-0.4, -0.2) is 17.4 Å². The molecule has 0 radical (unpaired) electrons. The number of rotatable bonds is 3. The smallest absolute Gasteiger partial charge is 0.123 e. The minimum Gasteiger partial charge on any atom is -0.394 e. The molecule has 0 fully saturated rings. The molecule has 1 aliphatic carbocycles. The third-order valence-electron chi connectivity index (χ3n) is 3.91. The van der Waals surface area contributed by atoms with Gasteiger partial charge >= 0.3 is 0 Å². The minimum atomic E-state index is -0.282. The zero-order valence-electron chi connectivity index (χ0n) is 11.8. The van der Waals surface area contributed by atoms with Crippen molar-refractivity contribution in [2.45, 2.75) is 25.3 Å². The van der Waals surface area contributed by atoms with Gasteiger partial charge in [-0.2, -0.15) is 0 Å². The topological polar surface area (TPSA) is 32.6 Å². The molecular formula is C18H18FNO. The number of halogens is 1. The molecule has 0 aliphatic heterocycles. The Morgan fingerprint density at radius 1 is 1.10 bits per heavy atom. The number of aliphatic hydroxyl groups is 1. The summed E-state index contributed by atoms with van der Waals surface area (Å²) in [5, 5.41) is 9.63. The van der Waals surface area contributed by atoms with Gasteiger partial charge in [-0.3, -0.25) is 4.99 Å². The van der Waals surface area contributed by atoms with E-state index in [1.165, 1.54) is 6.07 Å². The highest BCUT2D eigenvalue weighted by Gasteiger charge is 2.18. The summed E-state index contributed by atoms with van der Waals surface area (Å²) in [6.45, 7) is -0.0435. The third-order valence-corrected chi connectivity index (χ3v) is 3.91. The molecule has 0 saturated carbocycles. The molecule has 1 N–H and O–H groups in total. The van der Waals surface area contributed by atoms with Crippen LogP contribution in [0.25, 0.3) is 0 Å². The summed E-state index contributed by atoms with van der Waals surface area (Å²) in [7, 11) is 0. The second-order valence-corrected chi connectivity index (χ2v) is 5.34. The quantitative estimate of drug-likeness (QED) is 0.915. The standard InChI is InChI=1S/C18H18FNO/c19-15-10-9-13-7-4-8-17(16(13)11-15)20-18(12-21)14-5-2-1-3-6-14/h1-3,5-6,9-11,18,21H,4,7-8,12H2/t18-/m0/s1. The number of aliphatic imine (C=N–C) groups is 1. The molecular weight excluding hydrogens is 265 g/mol. The van der Waals surface area contributed by atoms with Crippen molar-refractivity contribution in [1.29, 1.82) is 0 Å². The van der Waals surface area contributed by atoms with Gasteiger partial charge in [-0.15, -0.1) is 0 Å². The van der Waals surface area contributed by atoms with Gasteiger partial charge in [0.15, 0.2) is 0 Å². The molecule has 1 atom stereocenters. The van der Waals surface area contributed by atoms with Crippen LogP contribution in [0.1, 0.15) is 35.6 Å². The van der Waals surface area contributed by atoms with Crippen LogP contribution in [-0.2, 0) is 6.42 Å². The van der Waals surface area contributed by atoms with E-state index in [1.807, 2.05) is 36.4 Å². The SMILES string of the molecule is OC[C@H](N=C1CCCc2ccc(F)cc21)c1ccccc1. The number of nitrogens with zero attached hydrogens (tertiary/aromatic N) is 1. The Balaban J connectivity index is 1.98. The first-order valence-electron chi connectivity index (χ1n) is 7.29. The van der Waals surface area contributed by atoms with E-state index >= 15 is 0 Å². The number of hydrogen-bond donors (Lipinski definition) is 1. The molecule has 0 saturated heterocycles. The Hall–Kier alpha value is -2.00. The largest absolute Gasteiger partial charge is 0.394 e. The molecule has 0 unspecified atom stereocenters. The van der Waals surface area contributed by atoms with E-state index < -0.39 is 0 Å². The molecule has 21 heavy (non-hydrogen) atoms. The van der Waals surface area contributed by atoms with Crippen molar-refractivity contribution in [2.24, 2.45) is 4.99 Å². The fraction of sp³-hybridized carbons (Fsp3) is 0.278. The predicted molar refractivity (Wildman–Crippen MR) is 82.1 cm³/mol. The molecule has 2 aromatic rings. The van der Waals surface area contributed by atoms with Crippen LogP contribution in [0, 0.1) is 5.82 Å². The van der Waals surface area contributed by atoms with Gasteiger partial charge in [0.25, 0.3) is 0 Å². The second-order valence-electron chi connectivity index (χ2n) is 5.34. The average molecular weight is 283 g/mol. The summed E-state index contributed by atoms with van der Waals surface area (Å²) >= 11 is 0. The first-order valence-corrected chi connectivity index (χ1v) is 7.29. The van der Waals surface area contributed by atoms with E-state index in [0.29, 0.717) is 0 Å². The molecule has 0 heterocycles. The van der Waals surface area contributed by atoms with Gasteiger partial charge in [0.1, 0.15) is 5.82 Å². The molecule has 2 nitrogen and oxygen atoms in total. The van der Waals surface area contributed by atoms with Crippen LogP contribution < -0.4 is 0 Å². The van der Waals surface area contributed by atoms with Gasteiger partial charge in [0, 0.05) is 11.3 Å². The number of aryl methyl sites for hydroxylation is 1. The number of fused-ring (bicyclic) bond motifs is 1. The molecule has 0 spiro atoms. The second kappa shape index (κ2) is 6.19. The Bertz CT molecular complexity index is 652. The normalized spacial score (nSPS) is 17.5. The van der Waals surface area contributed by atoms with Crippen molar-refractivity contribution in [2.75, 3.05) is 6.61 Å². The highest BCUT2D eigenvalue weighted by Crippen LogP contribution is 2.26. The van der Waals surface area contributed by atoms with Crippen molar-refractivity contribution >= 4 is 5.71 Å². The Morgan fingerprint density at radius 2 is 1.90 bits per heavy atom. The van der Waals surface area contributed by atoms with E-state index in [4.69, 9.17) is 4.99 Å². The first-order chi connectivity index (χ1) is 10.3. The summed E-state index contributed by atoms with van der Waals surface area (Å²) in [5.74, 6) is -0.233. The highest BCUT2D eigenvalue weighted by atomic mass is 19.1. The van der Waals surface area contributed by atoms with E-state index in [0.717, 1.165) is 41.7 Å². The van der Waals surface area contributed by atoms with Gasteiger partial charge in [-0.05, 0) is 42.5 Å². The van der Waals surface area contributed by atoms with Crippen LogP contribution in [0.3, 0.4) is 0 Å². The van der Waals surface area contributed by atoms with Gasteiger partial charge in [0.05, 0.1) is 12.6 Å². The van der Waals surface area contributed by atoms with E-state index in [9.17, 15) is 9.50 Å². The van der Waals surface area contributed by atoms with Crippen LogP contribution in [0.5, 0.6) is 0 Å². The van der Waals surface area contributed by atoms with Gasteiger partial charge < -0.3 is 5.11 Å². The molecule has 108 valence electrons. The summed E-state index contributed by atoms with van der Waals surface area (Å²) in [6, 6.07) is 14.4. The maximum Gasteiger partial charge on any atom is 0.123 e. The number of hydrogen-bond acceptors (Lipinski definition) is 2. The lowest BCUT2D eigenvalue weighted by Gasteiger charge is -2.20. The lowest BCUT2D eigenvalue weighted by atomic mass is 9.89. The lowest BCUT2D eigenvalue weighted by Crippen LogP contribution is -2.15. The molecule has 2 aromatic carbocycles. The molecule has 3 heteroatoms. The number of aliphatic hydroxyl groups excluding tert-OH is 1. The van der Waals surface area contributed by atoms with Crippen LogP contribution in [0.15, 0.2) is 53.5 Å². The fourth-order valence-electron chi connectivity index (χ4n) is 2.83. The van der Waals surface area contributed by atoms with E-state index in [1.54, 1.807) is 6.07 Å². The molecule has 0 amide bonds. The zero-order chi connectivity index (χ0) is 14.7. The maximum absolute atomic E-state index is 13.5. The molecule has 0 bridgehead atoms.